The summed E-state index contributed by atoms with van der Waals surface area (Å²) >= 11 is 12.0. The molecule has 3 aromatic carbocycles. The highest BCUT2D eigenvalue weighted by Crippen LogP contribution is 2.53. The Hall–Kier alpha value is -4.93. The second-order valence-electron chi connectivity index (χ2n) is 11.2. The molecule has 1 saturated heterocycles. The molecule has 7 rings (SSSR count). The third-order valence-electron chi connectivity index (χ3n) is 8.68. The van der Waals surface area contributed by atoms with E-state index in [-0.39, 0.29) is 51.6 Å². The first-order valence-electron chi connectivity index (χ1n) is 14.0. The van der Waals surface area contributed by atoms with Crippen LogP contribution in [-0.4, -0.2) is 40.1 Å². The van der Waals surface area contributed by atoms with Gasteiger partial charge in [-0.05, 0) is 66.8 Å². The number of aromatic nitrogens is 1. The van der Waals surface area contributed by atoms with Gasteiger partial charge in [0.1, 0.15) is 5.02 Å². The molecule has 2 fully saturated rings. The number of ketones is 1. The number of amides is 2. The quantitative estimate of drug-likeness (QED) is 0.0559. The molecule has 1 aromatic heterocycles. The molecular weight excluding hydrogens is 621 g/mol. The Morgan fingerprint density at radius 3 is 2.29 bits per heavy atom. The van der Waals surface area contributed by atoms with E-state index in [1.807, 2.05) is 12.2 Å². The zero-order valence-corrected chi connectivity index (χ0v) is 24.7. The lowest BCUT2D eigenvalue weighted by molar-refractivity contribution is -0.384. The van der Waals surface area contributed by atoms with Crippen LogP contribution in [0.4, 0.5) is 11.4 Å². The lowest BCUT2D eigenvalue weighted by Gasteiger charge is -2.17. The molecule has 2 heterocycles. The SMILES string of the molecule is O=C(COC(=O)c1cc(-c2ccc(N3C(=O)C4C5C=CC(C5)C4C3=O)cc2)nc2ccc(Cl)cc12)c1ccc(Cl)c([N+](=O)[O-])c1. The number of allylic oxidation sites excluding steroid dienone is 2. The van der Waals surface area contributed by atoms with Crippen LogP contribution in [0.25, 0.3) is 22.2 Å². The zero-order chi connectivity index (χ0) is 31.6. The van der Waals surface area contributed by atoms with E-state index in [1.165, 1.54) is 23.1 Å². The number of carbonyl (C=O) groups excluding carboxylic acids is 4. The number of rotatable bonds is 7. The number of ether oxygens (including phenoxy) is 1. The first-order chi connectivity index (χ1) is 21.6. The van der Waals surface area contributed by atoms with Crippen LogP contribution < -0.4 is 4.90 Å². The predicted octanol–water partition coefficient (Wildman–Crippen LogP) is 6.47. The lowest BCUT2D eigenvalue weighted by Crippen LogP contribution is -2.32. The molecule has 224 valence electrons. The van der Waals surface area contributed by atoms with Gasteiger partial charge in [-0.3, -0.25) is 29.4 Å². The average molecular weight is 642 g/mol. The molecular formula is C33H21Cl2N3O7. The summed E-state index contributed by atoms with van der Waals surface area (Å²) in [6, 6.07) is 16.7. The van der Waals surface area contributed by atoms with Crippen molar-refractivity contribution >= 4 is 69.0 Å². The second kappa shape index (κ2) is 10.9. The number of benzene rings is 3. The predicted molar refractivity (Wildman–Crippen MR) is 165 cm³/mol. The largest absolute Gasteiger partial charge is 0.454 e. The molecule has 3 aliphatic rings. The van der Waals surface area contributed by atoms with Crippen molar-refractivity contribution in [3.63, 3.8) is 0 Å². The maximum absolute atomic E-state index is 13.3. The molecule has 1 aliphatic heterocycles. The molecule has 2 aliphatic carbocycles. The smallest absolute Gasteiger partial charge is 0.339 e. The fourth-order valence-corrected chi connectivity index (χ4v) is 6.93. The monoisotopic (exact) mass is 641 g/mol. The molecule has 1 saturated carbocycles. The number of nitro benzene ring substituents is 1. The number of hydrogen-bond donors (Lipinski definition) is 0. The number of esters is 1. The highest BCUT2D eigenvalue weighted by atomic mass is 35.5. The van der Waals surface area contributed by atoms with Gasteiger partial charge >= 0.3 is 5.97 Å². The third-order valence-corrected chi connectivity index (χ3v) is 9.24. The van der Waals surface area contributed by atoms with Gasteiger partial charge in [-0.2, -0.15) is 0 Å². The Balaban J connectivity index is 1.15. The fourth-order valence-electron chi connectivity index (χ4n) is 6.57. The topological polar surface area (TPSA) is 137 Å². The Morgan fingerprint density at radius 1 is 0.933 bits per heavy atom. The number of pyridine rings is 1. The van der Waals surface area contributed by atoms with E-state index in [1.54, 1.807) is 42.5 Å². The van der Waals surface area contributed by atoms with E-state index in [0.717, 1.165) is 12.5 Å². The van der Waals surface area contributed by atoms with Crippen LogP contribution in [0.15, 0.2) is 78.9 Å². The minimum atomic E-state index is -0.831. The minimum absolute atomic E-state index is 0.0372. The van der Waals surface area contributed by atoms with Crippen molar-refractivity contribution in [2.24, 2.45) is 23.7 Å². The van der Waals surface area contributed by atoms with Crippen molar-refractivity contribution in [1.29, 1.82) is 0 Å². The number of halogens is 2. The molecule has 0 radical (unpaired) electrons. The minimum Gasteiger partial charge on any atom is -0.454 e. The van der Waals surface area contributed by atoms with Crippen molar-refractivity contribution in [1.82, 2.24) is 4.98 Å². The lowest BCUT2D eigenvalue weighted by atomic mass is 9.85. The van der Waals surface area contributed by atoms with E-state index in [2.05, 4.69) is 4.98 Å². The normalized spacial score (nSPS) is 21.4. The maximum atomic E-state index is 13.3. The Bertz CT molecular complexity index is 1980. The summed E-state index contributed by atoms with van der Waals surface area (Å²) in [4.78, 5) is 69.0. The van der Waals surface area contributed by atoms with Gasteiger partial charge in [0.2, 0.25) is 17.6 Å². The van der Waals surface area contributed by atoms with Crippen LogP contribution in [0, 0.1) is 33.8 Å². The van der Waals surface area contributed by atoms with E-state index in [0.29, 0.717) is 32.9 Å². The summed E-state index contributed by atoms with van der Waals surface area (Å²) < 4.78 is 5.33. The molecule has 4 unspecified atom stereocenters. The summed E-state index contributed by atoms with van der Waals surface area (Å²) in [6.45, 7) is -0.677. The van der Waals surface area contributed by atoms with Crippen LogP contribution in [0.5, 0.6) is 0 Å². The van der Waals surface area contributed by atoms with Crippen LogP contribution in [0.3, 0.4) is 0 Å². The van der Waals surface area contributed by atoms with Crippen molar-refractivity contribution < 1.29 is 28.8 Å². The third kappa shape index (κ3) is 4.86. The summed E-state index contributed by atoms with van der Waals surface area (Å²) in [5.41, 5.74) is 1.53. The van der Waals surface area contributed by atoms with E-state index < -0.39 is 29.0 Å². The number of Topliss-reactive ketones (excluding diaryl/α,β-unsaturated/α-hetero) is 1. The molecule has 10 nitrogen and oxygen atoms in total. The first kappa shape index (κ1) is 28.8. The van der Waals surface area contributed by atoms with E-state index in [9.17, 15) is 29.3 Å². The summed E-state index contributed by atoms with van der Waals surface area (Å²) in [7, 11) is 0. The number of anilines is 1. The molecule has 4 aromatic rings. The number of fused-ring (bicyclic) bond motifs is 6. The maximum Gasteiger partial charge on any atom is 0.339 e. The average Bonchev–Trinajstić information content (AvgIpc) is 3.72. The molecule has 2 amide bonds. The number of hydrogen-bond acceptors (Lipinski definition) is 8. The van der Waals surface area contributed by atoms with Gasteiger partial charge in [0, 0.05) is 27.6 Å². The first-order valence-corrected chi connectivity index (χ1v) is 14.8. The van der Waals surface area contributed by atoms with Gasteiger partial charge in [-0.15, -0.1) is 0 Å². The molecule has 45 heavy (non-hydrogen) atoms. The van der Waals surface area contributed by atoms with Gasteiger partial charge in [0.05, 0.1) is 39.2 Å². The van der Waals surface area contributed by atoms with E-state index >= 15 is 0 Å². The molecule has 0 N–H and O–H groups in total. The van der Waals surface area contributed by atoms with Crippen LogP contribution in [-0.2, 0) is 14.3 Å². The van der Waals surface area contributed by atoms with Gasteiger partial charge in [0.25, 0.3) is 5.69 Å². The number of imide groups is 1. The van der Waals surface area contributed by atoms with Crippen molar-refractivity contribution in [2.45, 2.75) is 6.42 Å². The van der Waals surface area contributed by atoms with E-state index in [4.69, 9.17) is 27.9 Å². The van der Waals surface area contributed by atoms with Crippen molar-refractivity contribution in [3.8, 4) is 11.3 Å². The van der Waals surface area contributed by atoms with Crippen LogP contribution >= 0.6 is 23.2 Å². The fraction of sp³-hybridized carbons (Fsp3) is 0.182. The van der Waals surface area contributed by atoms with Crippen LogP contribution in [0.2, 0.25) is 10.0 Å². The number of carbonyl (C=O) groups is 4. The molecule has 2 bridgehead atoms. The Kier molecular flexibility index (Phi) is 6.98. The second-order valence-corrected chi connectivity index (χ2v) is 12.0. The Morgan fingerprint density at radius 2 is 1.62 bits per heavy atom. The highest BCUT2D eigenvalue weighted by Gasteiger charge is 2.59. The van der Waals surface area contributed by atoms with Gasteiger partial charge < -0.3 is 4.74 Å². The standard InChI is InChI=1S/C33H21Cl2N3O7/c34-20-6-10-25-22(13-20)23(33(42)45-15-28(39)17-5-9-24(35)27(12-17)38(43)44)14-26(36-25)16-3-7-21(8-4-16)37-31(40)29-18-1-2-19(11-18)30(29)32(37)41/h1-10,12-14,18-19,29-30H,11,15H2. The zero-order valence-electron chi connectivity index (χ0n) is 23.2. The summed E-state index contributed by atoms with van der Waals surface area (Å²) in [6.07, 6.45) is 4.94. The van der Waals surface area contributed by atoms with Crippen molar-refractivity contribution in [2.75, 3.05) is 11.5 Å². The van der Waals surface area contributed by atoms with Crippen LogP contribution in [0.1, 0.15) is 27.1 Å². The van der Waals surface area contributed by atoms with Gasteiger partial charge in [0.15, 0.2) is 6.61 Å². The molecule has 0 spiro atoms. The molecule has 12 heteroatoms. The van der Waals surface area contributed by atoms with Gasteiger partial charge in [-0.25, -0.2) is 9.78 Å². The summed E-state index contributed by atoms with van der Waals surface area (Å²) in [5.74, 6) is -2.25. The Labute approximate surface area is 265 Å². The van der Waals surface area contributed by atoms with Crippen molar-refractivity contribution in [3.05, 3.63) is 110 Å². The highest BCUT2D eigenvalue weighted by molar-refractivity contribution is 6.33. The number of nitrogens with zero attached hydrogens (tertiary/aromatic N) is 3. The molecule has 4 atom stereocenters. The number of nitro groups is 1. The van der Waals surface area contributed by atoms with Gasteiger partial charge in [-0.1, -0.05) is 47.5 Å². The summed E-state index contributed by atoms with van der Waals surface area (Å²) in [5, 5.41) is 11.8.